The van der Waals surface area contributed by atoms with Crippen LogP contribution >= 0.6 is 11.6 Å². The monoisotopic (exact) mass is 466 g/mol. The fraction of sp³-hybridized carbons (Fsp3) is 0.333. The summed E-state index contributed by atoms with van der Waals surface area (Å²) in [4.78, 5) is 0.0319. The minimum Gasteiger partial charge on any atom is -0.385 e. The Hall–Kier alpha value is -2.49. The van der Waals surface area contributed by atoms with Gasteiger partial charge in [0.2, 0.25) is 0 Å². The Morgan fingerprint density at radius 3 is 2.29 bits per heavy atom. The zero-order chi connectivity index (χ0) is 23.1. The lowest BCUT2D eigenvalue weighted by Gasteiger charge is -2.19. The summed E-state index contributed by atoms with van der Waals surface area (Å²) in [5.74, 6) is -0.301. The van der Waals surface area contributed by atoms with Crippen LogP contribution in [0, 0.1) is 5.82 Å². The molecule has 0 fully saturated rings. The van der Waals surface area contributed by atoms with E-state index in [9.17, 15) is 17.9 Å². The molecule has 0 radical (unpaired) electrons. The second-order valence-corrected chi connectivity index (χ2v) is 10.4. The van der Waals surface area contributed by atoms with Gasteiger partial charge in [0.15, 0.2) is 11.6 Å². The first-order chi connectivity index (χ1) is 14.3. The summed E-state index contributed by atoms with van der Waals surface area (Å²) >= 11 is 5.95. The number of nitrogens with zero attached hydrogens (tertiary/aromatic N) is 3. The number of sulfonamides is 1. The standard InChI is InChI=1S/C21H24ClFN4O3S/c1-12(28)19-24-25-20(27(19)5)15-10-16(22)17(23)11-18(15)26-31(29,30)14-8-6-13(7-9-14)21(2,3)4/h6-12,26,28H,1-5H3. The molecular formula is C21H24ClFN4O3S. The van der Waals surface area contributed by atoms with Crippen molar-refractivity contribution in [3.05, 3.63) is 58.6 Å². The normalized spacial score (nSPS) is 13.3. The van der Waals surface area contributed by atoms with Crippen molar-refractivity contribution in [2.24, 2.45) is 7.05 Å². The number of aliphatic hydroxyl groups excluding tert-OH is 1. The molecule has 2 aromatic carbocycles. The van der Waals surface area contributed by atoms with Gasteiger partial charge in [-0.3, -0.25) is 4.72 Å². The Kier molecular flexibility index (Phi) is 6.14. The van der Waals surface area contributed by atoms with Crippen LogP contribution < -0.4 is 4.72 Å². The van der Waals surface area contributed by atoms with Crippen LogP contribution in [-0.2, 0) is 22.5 Å². The van der Waals surface area contributed by atoms with Crippen LogP contribution in [0.15, 0.2) is 41.3 Å². The molecule has 0 spiro atoms. The fourth-order valence-electron chi connectivity index (χ4n) is 3.09. The van der Waals surface area contributed by atoms with Crippen LogP contribution in [0.2, 0.25) is 5.02 Å². The highest BCUT2D eigenvalue weighted by Gasteiger charge is 2.23. The second kappa shape index (κ2) is 8.22. The molecular weight excluding hydrogens is 443 g/mol. The third-order valence-electron chi connectivity index (χ3n) is 4.86. The van der Waals surface area contributed by atoms with Crippen molar-refractivity contribution < 1.29 is 17.9 Å². The van der Waals surface area contributed by atoms with Gasteiger partial charge in [0.05, 0.1) is 15.6 Å². The minimum absolute atomic E-state index is 0.0319. The number of nitrogens with one attached hydrogen (secondary N) is 1. The van der Waals surface area contributed by atoms with Crippen molar-refractivity contribution in [2.75, 3.05) is 4.72 Å². The van der Waals surface area contributed by atoms with Crippen LogP contribution in [0.5, 0.6) is 0 Å². The predicted molar refractivity (Wildman–Crippen MR) is 118 cm³/mol. The van der Waals surface area contributed by atoms with E-state index in [0.29, 0.717) is 0 Å². The predicted octanol–water partition coefficient (Wildman–Crippen LogP) is 4.43. The van der Waals surface area contributed by atoms with Gasteiger partial charge in [0.1, 0.15) is 11.9 Å². The van der Waals surface area contributed by atoms with E-state index in [1.165, 1.54) is 29.7 Å². The van der Waals surface area contributed by atoms with Crippen molar-refractivity contribution in [2.45, 2.75) is 44.1 Å². The van der Waals surface area contributed by atoms with E-state index in [1.807, 2.05) is 20.8 Å². The van der Waals surface area contributed by atoms with E-state index in [4.69, 9.17) is 11.6 Å². The van der Waals surface area contributed by atoms with E-state index in [1.54, 1.807) is 19.2 Å². The lowest BCUT2D eigenvalue weighted by Crippen LogP contribution is -2.16. The van der Waals surface area contributed by atoms with Crippen LogP contribution in [-0.4, -0.2) is 28.3 Å². The largest absolute Gasteiger partial charge is 0.385 e. The summed E-state index contributed by atoms with van der Waals surface area (Å²) < 4.78 is 44.1. The number of benzene rings is 2. The summed E-state index contributed by atoms with van der Waals surface area (Å²) in [6.07, 6.45) is -0.899. The lowest BCUT2D eigenvalue weighted by molar-refractivity contribution is 0.185. The molecule has 0 saturated carbocycles. The molecule has 0 saturated heterocycles. The second-order valence-electron chi connectivity index (χ2n) is 8.31. The molecule has 1 aromatic heterocycles. The molecule has 1 atom stereocenters. The van der Waals surface area contributed by atoms with Crippen molar-refractivity contribution in [3.8, 4) is 11.4 Å². The zero-order valence-corrected chi connectivity index (χ0v) is 19.4. The summed E-state index contributed by atoms with van der Waals surface area (Å²) in [5.41, 5.74) is 1.03. The summed E-state index contributed by atoms with van der Waals surface area (Å²) in [7, 11) is -2.42. The van der Waals surface area contributed by atoms with E-state index in [-0.39, 0.29) is 38.2 Å². The molecule has 3 aromatic rings. The van der Waals surface area contributed by atoms with Gasteiger partial charge < -0.3 is 9.67 Å². The maximum atomic E-state index is 14.2. The maximum Gasteiger partial charge on any atom is 0.261 e. The number of aromatic nitrogens is 3. The highest BCUT2D eigenvalue weighted by molar-refractivity contribution is 7.92. The van der Waals surface area contributed by atoms with E-state index < -0.39 is 21.9 Å². The quantitative estimate of drug-likeness (QED) is 0.579. The molecule has 0 amide bonds. The smallest absolute Gasteiger partial charge is 0.261 e. The SMILES string of the molecule is CC(O)c1nnc(-c2cc(Cl)c(F)cc2NS(=O)(=O)c2ccc(C(C)(C)C)cc2)n1C. The van der Waals surface area contributed by atoms with E-state index in [0.717, 1.165) is 11.6 Å². The molecule has 166 valence electrons. The minimum atomic E-state index is -4.02. The Morgan fingerprint density at radius 1 is 1.16 bits per heavy atom. The van der Waals surface area contributed by atoms with E-state index in [2.05, 4.69) is 14.9 Å². The molecule has 1 heterocycles. The van der Waals surface area contributed by atoms with Crippen LogP contribution in [0.1, 0.15) is 45.2 Å². The van der Waals surface area contributed by atoms with Crippen LogP contribution in [0.4, 0.5) is 10.1 Å². The van der Waals surface area contributed by atoms with Crippen molar-refractivity contribution in [3.63, 3.8) is 0 Å². The van der Waals surface area contributed by atoms with Gasteiger partial charge in [0.25, 0.3) is 10.0 Å². The Bertz CT molecular complexity index is 1220. The van der Waals surface area contributed by atoms with Crippen molar-refractivity contribution in [1.29, 1.82) is 0 Å². The number of rotatable bonds is 5. The van der Waals surface area contributed by atoms with Gasteiger partial charge >= 0.3 is 0 Å². The molecule has 10 heteroatoms. The fourth-order valence-corrected chi connectivity index (χ4v) is 4.33. The molecule has 1 unspecified atom stereocenters. The molecule has 0 bridgehead atoms. The van der Waals surface area contributed by atoms with Crippen LogP contribution in [0.3, 0.4) is 0 Å². The number of anilines is 1. The van der Waals surface area contributed by atoms with Gasteiger partial charge in [-0.05, 0) is 36.1 Å². The highest BCUT2D eigenvalue weighted by Crippen LogP contribution is 2.34. The molecule has 31 heavy (non-hydrogen) atoms. The van der Waals surface area contributed by atoms with Crippen molar-refractivity contribution in [1.82, 2.24) is 14.8 Å². The molecule has 0 aliphatic carbocycles. The van der Waals surface area contributed by atoms with Gasteiger partial charge in [-0.1, -0.05) is 44.5 Å². The van der Waals surface area contributed by atoms with E-state index >= 15 is 0 Å². The van der Waals surface area contributed by atoms with Crippen molar-refractivity contribution >= 4 is 27.3 Å². The number of hydrogen-bond acceptors (Lipinski definition) is 5. The molecule has 0 aliphatic rings. The van der Waals surface area contributed by atoms with Gasteiger partial charge in [-0.25, -0.2) is 12.8 Å². The Balaban J connectivity index is 2.06. The number of hydrogen-bond donors (Lipinski definition) is 2. The van der Waals surface area contributed by atoms with Crippen LogP contribution in [0.25, 0.3) is 11.4 Å². The van der Waals surface area contributed by atoms with Gasteiger partial charge in [-0.15, -0.1) is 10.2 Å². The first-order valence-corrected chi connectivity index (χ1v) is 11.4. The topological polar surface area (TPSA) is 97.1 Å². The maximum absolute atomic E-state index is 14.2. The zero-order valence-electron chi connectivity index (χ0n) is 17.8. The molecule has 2 N–H and O–H groups in total. The first-order valence-electron chi connectivity index (χ1n) is 9.51. The molecule has 3 rings (SSSR count). The highest BCUT2D eigenvalue weighted by atomic mass is 35.5. The summed E-state index contributed by atoms with van der Waals surface area (Å²) in [5, 5.41) is 17.6. The molecule has 7 nitrogen and oxygen atoms in total. The third-order valence-corrected chi connectivity index (χ3v) is 6.53. The Morgan fingerprint density at radius 2 is 1.77 bits per heavy atom. The average Bonchev–Trinajstić information content (AvgIpc) is 3.05. The third kappa shape index (κ3) is 4.73. The summed E-state index contributed by atoms with van der Waals surface area (Å²) in [6.45, 7) is 7.61. The average molecular weight is 467 g/mol. The number of aliphatic hydroxyl groups is 1. The number of halogens is 2. The van der Waals surface area contributed by atoms with Gasteiger partial charge in [0, 0.05) is 18.7 Å². The first kappa shape index (κ1) is 23.2. The Labute approximate surface area is 186 Å². The lowest BCUT2D eigenvalue weighted by atomic mass is 9.87. The molecule has 0 aliphatic heterocycles. The van der Waals surface area contributed by atoms with Gasteiger partial charge in [-0.2, -0.15) is 0 Å². The summed E-state index contributed by atoms with van der Waals surface area (Å²) in [6, 6.07) is 8.76.